The SMILES string of the molecule is [2H]C([2H])([2H])Oc1ccc(OC([2H])([2H])[2H])c(SCC)c1. The molecule has 2 nitrogen and oxygen atoms in total. The molecule has 3 heteroatoms. The number of thioether (sulfide) groups is 1. The third-order valence-corrected chi connectivity index (χ3v) is 2.36. The number of ether oxygens (including phenoxy) is 2. The Morgan fingerprint density at radius 3 is 2.92 bits per heavy atom. The van der Waals surface area contributed by atoms with E-state index in [1.165, 1.54) is 30.0 Å². The van der Waals surface area contributed by atoms with E-state index in [9.17, 15) is 0 Å². The van der Waals surface area contributed by atoms with E-state index >= 15 is 0 Å². The molecule has 0 saturated carbocycles. The van der Waals surface area contributed by atoms with Crippen LogP contribution in [0.5, 0.6) is 11.5 Å². The van der Waals surface area contributed by atoms with Gasteiger partial charge in [0.05, 0.1) is 27.2 Å². The molecule has 0 aliphatic carbocycles. The summed E-state index contributed by atoms with van der Waals surface area (Å²) in [6.45, 7) is 1.89. The molecule has 0 unspecified atom stereocenters. The van der Waals surface area contributed by atoms with Crippen molar-refractivity contribution >= 4 is 11.8 Å². The normalized spacial score (nSPS) is 18.5. The highest BCUT2D eigenvalue weighted by Gasteiger charge is 2.03. The first-order valence-corrected chi connectivity index (χ1v) is 4.74. The average molecular weight is 204 g/mol. The van der Waals surface area contributed by atoms with Gasteiger partial charge in [-0.3, -0.25) is 0 Å². The van der Waals surface area contributed by atoms with Crippen LogP contribution < -0.4 is 9.47 Å². The lowest BCUT2D eigenvalue weighted by Gasteiger charge is -2.08. The monoisotopic (exact) mass is 204 g/mol. The molecule has 0 radical (unpaired) electrons. The Hall–Kier alpha value is -0.830. The maximum absolute atomic E-state index is 7.08. The minimum Gasteiger partial charge on any atom is -0.497 e. The van der Waals surface area contributed by atoms with Crippen LogP contribution in [0, 0.1) is 0 Å². The molecule has 72 valence electrons. The van der Waals surface area contributed by atoms with E-state index in [1.54, 1.807) is 0 Å². The molecule has 0 heterocycles. The van der Waals surface area contributed by atoms with Gasteiger partial charge in [0.2, 0.25) is 0 Å². The molecule has 0 saturated heterocycles. The fraction of sp³-hybridized carbons (Fsp3) is 0.400. The molecular formula is C10H14O2S. The van der Waals surface area contributed by atoms with Crippen molar-refractivity contribution in [3.8, 4) is 11.5 Å². The van der Waals surface area contributed by atoms with Gasteiger partial charge in [0.25, 0.3) is 0 Å². The van der Waals surface area contributed by atoms with Gasteiger partial charge in [0.15, 0.2) is 0 Å². The Morgan fingerprint density at radius 2 is 2.23 bits per heavy atom. The third-order valence-electron chi connectivity index (χ3n) is 1.44. The molecule has 1 aromatic rings. The van der Waals surface area contributed by atoms with E-state index in [0.717, 1.165) is 0 Å². The number of methoxy groups -OCH3 is 2. The minimum atomic E-state index is -2.55. The number of rotatable bonds is 4. The molecule has 1 rings (SSSR count). The van der Waals surface area contributed by atoms with Crippen molar-refractivity contribution in [3.63, 3.8) is 0 Å². The summed E-state index contributed by atoms with van der Waals surface area (Å²) in [6, 6.07) is 4.22. The van der Waals surface area contributed by atoms with Gasteiger partial charge in [-0.2, -0.15) is 0 Å². The lowest BCUT2D eigenvalue weighted by atomic mass is 10.3. The van der Waals surface area contributed by atoms with Crippen LogP contribution in [0.2, 0.25) is 0 Å². The second-order valence-electron chi connectivity index (χ2n) is 2.25. The van der Waals surface area contributed by atoms with Gasteiger partial charge in [0, 0.05) is 0 Å². The van der Waals surface area contributed by atoms with Crippen LogP contribution in [0.4, 0.5) is 0 Å². The van der Waals surface area contributed by atoms with Gasteiger partial charge >= 0.3 is 0 Å². The van der Waals surface area contributed by atoms with Gasteiger partial charge in [-0.25, -0.2) is 0 Å². The third kappa shape index (κ3) is 2.56. The molecule has 0 bridgehead atoms. The van der Waals surface area contributed by atoms with Crippen molar-refractivity contribution in [1.29, 1.82) is 0 Å². The molecule has 0 spiro atoms. The summed E-state index contributed by atoms with van der Waals surface area (Å²) in [5.74, 6) is 1.02. The van der Waals surface area contributed by atoms with Gasteiger partial charge in [0.1, 0.15) is 11.5 Å². The fourth-order valence-corrected chi connectivity index (χ4v) is 1.67. The Morgan fingerprint density at radius 1 is 1.38 bits per heavy atom. The summed E-state index contributed by atoms with van der Waals surface area (Å²) in [5.41, 5.74) is 0. The molecule has 0 amide bonds. The summed E-state index contributed by atoms with van der Waals surface area (Å²) < 4.78 is 51.9. The van der Waals surface area contributed by atoms with Crippen molar-refractivity contribution in [1.82, 2.24) is 0 Å². The van der Waals surface area contributed by atoms with E-state index in [-0.39, 0.29) is 11.5 Å². The molecule has 0 fully saturated rings. The van der Waals surface area contributed by atoms with Crippen molar-refractivity contribution in [2.75, 3.05) is 19.8 Å². The first-order valence-electron chi connectivity index (χ1n) is 6.75. The molecule has 13 heavy (non-hydrogen) atoms. The van der Waals surface area contributed by atoms with E-state index in [0.29, 0.717) is 10.6 Å². The molecular weight excluding hydrogens is 184 g/mol. The molecule has 0 aliphatic rings. The van der Waals surface area contributed by atoms with Gasteiger partial charge in [-0.15, -0.1) is 11.8 Å². The van der Waals surface area contributed by atoms with Crippen LogP contribution in [-0.4, -0.2) is 19.8 Å². The lowest BCUT2D eigenvalue weighted by Crippen LogP contribution is -1.88. The average Bonchev–Trinajstić information content (AvgIpc) is 2.18. The summed E-state index contributed by atoms with van der Waals surface area (Å²) in [6.07, 6.45) is 0. The molecule has 1 aromatic carbocycles. The van der Waals surface area contributed by atoms with Crippen molar-refractivity contribution in [2.24, 2.45) is 0 Å². The van der Waals surface area contributed by atoms with Crippen LogP contribution in [0.15, 0.2) is 23.1 Å². The topological polar surface area (TPSA) is 18.5 Å². The largest absolute Gasteiger partial charge is 0.497 e. The zero-order chi connectivity index (χ0) is 14.7. The van der Waals surface area contributed by atoms with Crippen molar-refractivity contribution in [3.05, 3.63) is 18.2 Å². The summed E-state index contributed by atoms with van der Waals surface area (Å²) >= 11 is 1.34. The molecule has 0 atom stereocenters. The second kappa shape index (κ2) is 5.02. The van der Waals surface area contributed by atoms with Crippen LogP contribution in [0.3, 0.4) is 0 Å². The summed E-state index contributed by atoms with van der Waals surface area (Å²) in [4.78, 5) is 0.528. The quantitative estimate of drug-likeness (QED) is 0.703. The Kier molecular flexibility index (Phi) is 1.78. The van der Waals surface area contributed by atoms with E-state index < -0.39 is 14.1 Å². The number of hydrogen-bond acceptors (Lipinski definition) is 3. The maximum Gasteiger partial charge on any atom is 0.132 e. The zero-order valence-electron chi connectivity index (χ0n) is 13.2. The minimum absolute atomic E-state index is 0.147. The van der Waals surface area contributed by atoms with Gasteiger partial charge in [-0.05, 0) is 24.0 Å². The summed E-state index contributed by atoms with van der Waals surface area (Å²) in [7, 11) is -5.09. The Bertz CT molecular complexity index is 429. The highest BCUT2D eigenvalue weighted by Crippen LogP contribution is 2.32. The van der Waals surface area contributed by atoms with E-state index in [4.69, 9.17) is 17.7 Å². The number of benzene rings is 1. The zero-order valence-corrected chi connectivity index (χ0v) is 7.98. The number of hydrogen-bond donors (Lipinski definition) is 0. The smallest absolute Gasteiger partial charge is 0.132 e. The molecule has 0 aliphatic heterocycles. The van der Waals surface area contributed by atoms with Crippen LogP contribution >= 0.6 is 11.8 Å². The van der Waals surface area contributed by atoms with Crippen molar-refractivity contribution < 1.29 is 17.7 Å². The molecule has 0 N–H and O–H groups in total. The van der Waals surface area contributed by atoms with Crippen molar-refractivity contribution in [2.45, 2.75) is 11.8 Å². The van der Waals surface area contributed by atoms with Gasteiger partial charge in [-0.1, -0.05) is 6.92 Å². The fourth-order valence-electron chi connectivity index (χ4n) is 0.905. The Labute approximate surface area is 91.7 Å². The van der Waals surface area contributed by atoms with E-state index in [1.807, 2.05) is 6.92 Å². The Balaban J connectivity index is 3.00. The lowest BCUT2D eigenvalue weighted by molar-refractivity contribution is 0.394. The van der Waals surface area contributed by atoms with Crippen LogP contribution in [0.25, 0.3) is 0 Å². The summed E-state index contributed by atoms with van der Waals surface area (Å²) in [5, 5.41) is 0. The predicted octanol–water partition coefficient (Wildman–Crippen LogP) is 2.82. The maximum atomic E-state index is 7.08. The first kappa shape index (κ1) is 4.60. The van der Waals surface area contributed by atoms with E-state index in [2.05, 4.69) is 0 Å². The standard InChI is InChI=1S/C10H14O2S/c1-4-13-10-7-8(11-2)5-6-9(10)12-3/h5-7H,4H2,1-3H3/i2D3,3D3. The van der Waals surface area contributed by atoms with Crippen LogP contribution in [0.1, 0.15) is 15.1 Å². The first-order chi connectivity index (χ1) is 8.61. The second-order valence-corrected chi connectivity index (χ2v) is 3.55. The highest BCUT2D eigenvalue weighted by atomic mass is 32.2. The van der Waals surface area contributed by atoms with Crippen LogP contribution in [-0.2, 0) is 0 Å². The van der Waals surface area contributed by atoms with Gasteiger partial charge < -0.3 is 9.47 Å². The predicted molar refractivity (Wildman–Crippen MR) is 55.9 cm³/mol. The highest BCUT2D eigenvalue weighted by molar-refractivity contribution is 7.99. The molecule has 0 aromatic heterocycles.